The van der Waals surface area contributed by atoms with Gasteiger partial charge >= 0.3 is 0 Å². The van der Waals surface area contributed by atoms with Crippen molar-refractivity contribution in [2.24, 2.45) is 11.7 Å². The second-order valence-corrected chi connectivity index (χ2v) is 12.2. The van der Waals surface area contributed by atoms with Gasteiger partial charge in [0, 0.05) is 0 Å². The summed E-state index contributed by atoms with van der Waals surface area (Å²) in [6.45, 7) is 4.51. The van der Waals surface area contributed by atoms with Crippen LogP contribution in [0.15, 0.2) is 0 Å². The maximum atomic E-state index is 12.7. The van der Waals surface area contributed by atoms with E-state index in [9.17, 15) is 20.1 Å². The van der Waals surface area contributed by atoms with Crippen LogP contribution in [0.5, 0.6) is 0 Å². The SMILES string of the molecule is CCCCCCCCCCCCCCC[C@@H](O)[C@H](C(=O)[C@H](O)CCCCCCCCCCCCCC)C(N)O. The molecule has 0 aliphatic heterocycles. The predicted octanol–water partition coefficient (Wildman–Crippen LogP) is 8.74. The number of aliphatic hydroxyl groups excluding tert-OH is 3. The lowest BCUT2D eigenvalue weighted by molar-refractivity contribution is -0.140. The van der Waals surface area contributed by atoms with Crippen LogP contribution in [0.4, 0.5) is 0 Å². The number of carbonyl (C=O) groups is 1. The van der Waals surface area contributed by atoms with Crippen molar-refractivity contribution < 1.29 is 20.1 Å². The highest BCUT2D eigenvalue weighted by atomic mass is 16.3. The molecule has 0 heterocycles. The molecule has 0 saturated heterocycles. The maximum absolute atomic E-state index is 12.7. The monoisotopic (exact) mass is 556 g/mol. The van der Waals surface area contributed by atoms with Crippen LogP contribution in [-0.2, 0) is 4.79 Å². The van der Waals surface area contributed by atoms with Gasteiger partial charge in [-0.2, -0.15) is 0 Å². The summed E-state index contributed by atoms with van der Waals surface area (Å²) in [4.78, 5) is 12.7. The number of rotatable bonds is 31. The standard InChI is InChI=1S/C34H69NO4/c1-3-5-7-9-11-13-15-17-19-20-22-24-26-28-30(36)32(34(35)39)33(38)31(37)29-27-25-23-21-18-16-14-12-10-8-6-4-2/h30-32,34,36-37,39H,3-29,35H2,1-2H3/t30-,31-,32-,34?/m1/s1. The van der Waals surface area contributed by atoms with Crippen LogP contribution in [0.2, 0.25) is 0 Å². The second-order valence-electron chi connectivity index (χ2n) is 12.2. The minimum Gasteiger partial charge on any atom is -0.392 e. The number of ketones is 1. The molecule has 39 heavy (non-hydrogen) atoms. The Morgan fingerprint density at radius 1 is 0.487 bits per heavy atom. The van der Waals surface area contributed by atoms with Crippen molar-refractivity contribution >= 4 is 5.78 Å². The summed E-state index contributed by atoms with van der Waals surface area (Å²) in [5, 5.41) is 30.9. The fourth-order valence-corrected chi connectivity index (χ4v) is 5.68. The summed E-state index contributed by atoms with van der Waals surface area (Å²) < 4.78 is 0. The summed E-state index contributed by atoms with van der Waals surface area (Å²) in [5.41, 5.74) is 5.65. The molecule has 0 bridgehead atoms. The Balaban J connectivity index is 3.85. The first-order chi connectivity index (χ1) is 19.0. The Kier molecular flexibility index (Phi) is 28.7. The van der Waals surface area contributed by atoms with Crippen molar-refractivity contribution in [3.05, 3.63) is 0 Å². The van der Waals surface area contributed by atoms with Crippen LogP contribution in [0.1, 0.15) is 187 Å². The van der Waals surface area contributed by atoms with Crippen LogP contribution in [-0.4, -0.2) is 39.5 Å². The van der Waals surface area contributed by atoms with Crippen LogP contribution < -0.4 is 5.73 Å². The lowest BCUT2D eigenvalue weighted by Crippen LogP contribution is -2.47. The highest BCUT2D eigenvalue weighted by Gasteiger charge is 2.34. The van der Waals surface area contributed by atoms with Crippen LogP contribution in [0.3, 0.4) is 0 Å². The van der Waals surface area contributed by atoms with Crippen molar-refractivity contribution in [3.8, 4) is 0 Å². The van der Waals surface area contributed by atoms with Gasteiger partial charge in [0.1, 0.15) is 12.3 Å². The van der Waals surface area contributed by atoms with Crippen LogP contribution in [0, 0.1) is 5.92 Å². The van der Waals surface area contributed by atoms with Gasteiger partial charge in [0.25, 0.3) is 0 Å². The first-order valence-electron chi connectivity index (χ1n) is 17.3. The van der Waals surface area contributed by atoms with Gasteiger partial charge in [0.05, 0.1) is 12.0 Å². The van der Waals surface area contributed by atoms with E-state index < -0.39 is 30.1 Å². The van der Waals surface area contributed by atoms with Crippen molar-refractivity contribution in [1.29, 1.82) is 0 Å². The number of hydrogen-bond donors (Lipinski definition) is 4. The molecule has 5 N–H and O–H groups in total. The minimum atomic E-state index is -1.44. The first kappa shape index (κ1) is 38.5. The highest BCUT2D eigenvalue weighted by molar-refractivity contribution is 5.86. The molecule has 4 atom stereocenters. The summed E-state index contributed by atoms with van der Waals surface area (Å²) >= 11 is 0. The molecule has 234 valence electrons. The lowest BCUT2D eigenvalue weighted by Gasteiger charge is -2.26. The van der Waals surface area contributed by atoms with E-state index >= 15 is 0 Å². The smallest absolute Gasteiger partial charge is 0.170 e. The molecule has 0 fully saturated rings. The second kappa shape index (κ2) is 29.0. The number of hydrogen-bond acceptors (Lipinski definition) is 5. The van der Waals surface area contributed by atoms with Gasteiger partial charge in [-0.15, -0.1) is 0 Å². The van der Waals surface area contributed by atoms with E-state index in [0.29, 0.717) is 12.8 Å². The molecule has 0 aliphatic carbocycles. The fraction of sp³-hybridized carbons (Fsp3) is 0.971. The molecule has 0 aromatic heterocycles. The molecule has 0 radical (unpaired) electrons. The zero-order valence-electron chi connectivity index (χ0n) is 26.2. The van der Waals surface area contributed by atoms with Crippen molar-refractivity contribution in [2.45, 2.75) is 206 Å². The zero-order chi connectivity index (χ0) is 29.0. The molecule has 1 unspecified atom stereocenters. The molecule has 0 aromatic carbocycles. The van der Waals surface area contributed by atoms with Crippen molar-refractivity contribution in [3.63, 3.8) is 0 Å². The van der Waals surface area contributed by atoms with Crippen molar-refractivity contribution in [1.82, 2.24) is 0 Å². The normalized spacial score (nSPS) is 14.8. The largest absolute Gasteiger partial charge is 0.392 e. The van der Waals surface area contributed by atoms with E-state index in [1.54, 1.807) is 0 Å². The molecule has 0 aliphatic rings. The summed E-state index contributed by atoms with van der Waals surface area (Å²) in [6.07, 6.45) is 28.3. The van der Waals surface area contributed by atoms with Gasteiger partial charge in [-0.05, 0) is 12.8 Å². The van der Waals surface area contributed by atoms with Gasteiger partial charge < -0.3 is 21.1 Å². The number of nitrogens with two attached hydrogens (primary N) is 1. The summed E-state index contributed by atoms with van der Waals surface area (Å²) in [7, 11) is 0. The zero-order valence-corrected chi connectivity index (χ0v) is 26.2. The quantitative estimate of drug-likeness (QED) is 0.0506. The van der Waals surface area contributed by atoms with Gasteiger partial charge in [-0.3, -0.25) is 4.79 Å². The Morgan fingerprint density at radius 2 is 0.769 bits per heavy atom. The molecular formula is C34H69NO4. The van der Waals surface area contributed by atoms with Gasteiger partial charge in [0.2, 0.25) is 0 Å². The number of carbonyl (C=O) groups excluding carboxylic acids is 1. The van der Waals surface area contributed by atoms with Gasteiger partial charge in [0.15, 0.2) is 5.78 Å². The molecule has 0 spiro atoms. The third-order valence-corrected chi connectivity index (χ3v) is 8.37. The minimum absolute atomic E-state index is 0.380. The molecular weight excluding hydrogens is 486 g/mol. The maximum Gasteiger partial charge on any atom is 0.170 e. The molecule has 5 heteroatoms. The summed E-state index contributed by atoms with van der Waals surface area (Å²) in [5.74, 6) is -1.61. The van der Waals surface area contributed by atoms with E-state index in [1.807, 2.05) is 0 Å². The van der Waals surface area contributed by atoms with Crippen LogP contribution in [0.25, 0.3) is 0 Å². The fourth-order valence-electron chi connectivity index (χ4n) is 5.68. The molecule has 0 rings (SSSR count). The Morgan fingerprint density at radius 3 is 1.08 bits per heavy atom. The number of unbranched alkanes of at least 4 members (excludes halogenated alkanes) is 23. The van der Waals surface area contributed by atoms with E-state index in [1.165, 1.54) is 122 Å². The summed E-state index contributed by atoms with van der Waals surface area (Å²) in [6, 6.07) is 0. The lowest BCUT2D eigenvalue weighted by atomic mass is 9.87. The molecule has 0 amide bonds. The van der Waals surface area contributed by atoms with Gasteiger partial charge in [-0.25, -0.2) is 0 Å². The molecule has 5 nitrogen and oxygen atoms in total. The van der Waals surface area contributed by atoms with Crippen molar-refractivity contribution in [2.75, 3.05) is 0 Å². The van der Waals surface area contributed by atoms with Crippen LogP contribution >= 0.6 is 0 Å². The van der Waals surface area contributed by atoms with E-state index in [4.69, 9.17) is 5.73 Å². The topological polar surface area (TPSA) is 104 Å². The molecule has 0 aromatic rings. The molecule has 0 saturated carbocycles. The highest BCUT2D eigenvalue weighted by Crippen LogP contribution is 2.20. The van der Waals surface area contributed by atoms with E-state index in [2.05, 4.69) is 13.8 Å². The van der Waals surface area contributed by atoms with E-state index in [0.717, 1.165) is 38.5 Å². The van der Waals surface area contributed by atoms with E-state index in [-0.39, 0.29) is 0 Å². The third-order valence-electron chi connectivity index (χ3n) is 8.37. The number of aliphatic hydroxyl groups is 3. The average molecular weight is 556 g/mol. The number of Topliss-reactive ketones (excluding diaryl/α,β-unsaturated/α-hetero) is 1. The average Bonchev–Trinajstić information content (AvgIpc) is 2.91. The first-order valence-corrected chi connectivity index (χ1v) is 17.3. The Bertz CT molecular complexity index is 513. The van der Waals surface area contributed by atoms with Gasteiger partial charge in [-0.1, -0.05) is 174 Å². The Hall–Kier alpha value is -0.490. The predicted molar refractivity (Wildman–Crippen MR) is 167 cm³/mol. The third kappa shape index (κ3) is 23.9. The Labute approximate surface area is 243 Å².